The zero-order valence-corrected chi connectivity index (χ0v) is 15.2. The second kappa shape index (κ2) is 15.8. The molecule has 0 aliphatic carbocycles. The standard InChI is InChI=1S/C20H36O3/c1-3-4-5-6-9-12-15-19(18(2)21)16-13-10-7-8-11-14-17-20(22)23/h13,16,19H,3-12,14-15,17H2,1-2H3,(H,22,23)/b16-13+. The summed E-state index contributed by atoms with van der Waals surface area (Å²) >= 11 is 0. The van der Waals surface area contributed by atoms with Crippen LogP contribution in [0.25, 0.3) is 0 Å². The van der Waals surface area contributed by atoms with E-state index in [2.05, 4.69) is 19.1 Å². The Bertz CT molecular complexity index is 334. The first kappa shape index (κ1) is 21.9. The van der Waals surface area contributed by atoms with Crippen LogP contribution in [0.2, 0.25) is 0 Å². The summed E-state index contributed by atoms with van der Waals surface area (Å²) in [6, 6.07) is 0. The van der Waals surface area contributed by atoms with Crippen molar-refractivity contribution in [1.29, 1.82) is 0 Å². The van der Waals surface area contributed by atoms with Gasteiger partial charge in [-0.15, -0.1) is 0 Å². The first-order valence-corrected chi connectivity index (χ1v) is 9.46. The van der Waals surface area contributed by atoms with Crippen molar-refractivity contribution in [2.45, 2.75) is 97.3 Å². The van der Waals surface area contributed by atoms with Gasteiger partial charge in [0.15, 0.2) is 0 Å². The van der Waals surface area contributed by atoms with Crippen LogP contribution in [0, 0.1) is 5.92 Å². The van der Waals surface area contributed by atoms with Crippen LogP contribution in [0.4, 0.5) is 0 Å². The fraction of sp³-hybridized carbons (Fsp3) is 0.800. The van der Waals surface area contributed by atoms with Crippen molar-refractivity contribution in [2.24, 2.45) is 5.92 Å². The predicted molar refractivity (Wildman–Crippen MR) is 96.6 cm³/mol. The highest BCUT2D eigenvalue weighted by Crippen LogP contribution is 2.15. The number of carbonyl (C=O) groups excluding carboxylic acids is 1. The van der Waals surface area contributed by atoms with Crippen LogP contribution in [0.15, 0.2) is 12.2 Å². The summed E-state index contributed by atoms with van der Waals surface area (Å²) in [7, 11) is 0. The maximum absolute atomic E-state index is 11.7. The normalized spacial score (nSPS) is 12.6. The lowest BCUT2D eigenvalue weighted by molar-refractivity contribution is -0.137. The summed E-state index contributed by atoms with van der Waals surface area (Å²) < 4.78 is 0. The first-order chi connectivity index (χ1) is 11.1. The summed E-state index contributed by atoms with van der Waals surface area (Å²) in [5, 5.41) is 8.56. The van der Waals surface area contributed by atoms with Gasteiger partial charge in [-0.05, 0) is 32.6 Å². The van der Waals surface area contributed by atoms with E-state index in [0.29, 0.717) is 0 Å². The maximum Gasteiger partial charge on any atom is 0.303 e. The molecule has 0 aliphatic rings. The molecule has 1 atom stereocenters. The van der Waals surface area contributed by atoms with Gasteiger partial charge in [-0.1, -0.05) is 70.4 Å². The smallest absolute Gasteiger partial charge is 0.303 e. The molecule has 3 heteroatoms. The Morgan fingerprint density at radius 3 is 2.17 bits per heavy atom. The molecule has 0 aromatic heterocycles. The van der Waals surface area contributed by atoms with Gasteiger partial charge in [0.2, 0.25) is 0 Å². The van der Waals surface area contributed by atoms with Crippen molar-refractivity contribution in [2.75, 3.05) is 0 Å². The molecule has 0 saturated carbocycles. The zero-order valence-electron chi connectivity index (χ0n) is 15.2. The highest BCUT2D eigenvalue weighted by Gasteiger charge is 2.09. The van der Waals surface area contributed by atoms with Crippen LogP contribution in [-0.4, -0.2) is 16.9 Å². The summed E-state index contributed by atoms with van der Waals surface area (Å²) in [6.45, 7) is 3.92. The topological polar surface area (TPSA) is 54.4 Å². The number of ketones is 1. The Morgan fingerprint density at radius 1 is 0.913 bits per heavy atom. The summed E-state index contributed by atoms with van der Waals surface area (Å²) in [5.41, 5.74) is 0. The van der Waals surface area contributed by atoms with Crippen LogP contribution >= 0.6 is 0 Å². The zero-order chi connectivity index (χ0) is 17.3. The summed E-state index contributed by atoms with van der Waals surface area (Å²) in [5.74, 6) is -0.339. The Morgan fingerprint density at radius 2 is 1.52 bits per heavy atom. The monoisotopic (exact) mass is 324 g/mol. The number of hydrogen-bond donors (Lipinski definition) is 1. The molecule has 0 aromatic carbocycles. The Kier molecular flexibility index (Phi) is 15.0. The molecule has 0 radical (unpaired) electrons. The number of carboxylic acid groups (broad SMARTS) is 1. The van der Waals surface area contributed by atoms with Crippen LogP contribution in [0.5, 0.6) is 0 Å². The first-order valence-electron chi connectivity index (χ1n) is 9.46. The average molecular weight is 325 g/mol. The number of aliphatic carboxylic acids is 1. The second-order valence-electron chi connectivity index (χ2n) is 6.55. The molecule has 0 aromatic rings. The van der Waals surface area contributed by atoms with Crippen molar-refractivity contribution in [3.05, 3.63) is 12.2 Å². The highest BCUT2D eigenvalue weighted by molar-refractivity contribution is 5.79. The summed E-state index contributed by atoms with van der Waals surface area (Å²) in [4.78, 5) is 22.1. The Hall–Kier alpha value is -1.12. The number of carboxylic acids is 1. The molecule has 23 heavy (non-hydrogen) atoms. The van der Waals surface area contributed by atoms with Gasteiger partial charge >= 0.3 is 5.97 Å². The Balaban J connectivity index is 3.69. The van der Waals surface area contributed by atoms with Crippen molar-refractivity contribution >= 4 is 11.8 Å². The third kappa shape index (κ3) is 15.5. The number of hydrogen-bond acceptors (Lipinski definition) is 2. The number of allylic oxidation sites excluding steroid dienone is 2. The van der Waals surface area contributed by atoms with E-state index >= 15 is 0 Å². The Labute approximate surface area is 142 Å². The maximum atomic E-state index is 11.7. The van der Waals surface area contributed by atoms with Gasteiger partial charge in [0, 0.05) is 12.3 Å². The average Bonchev–Trinajstić information content (AvgIpc) is 2.50. The molecule has 0 rings (SSSR count). The molecule has 0 saturated heterocycles. The lowest BCUT2D eigenvalue weighted by Crippen LogP contribution is -2.07. The fourth-order valence-corrected chi connectivity index (χ4v) is 2.73. The van der Waals surface area contributed by atoms with Crippen LogP contribution < -0.4 is 0 Å². The number of carbonyl (C=O) groups is 2. The molecule has 0 spiro atoms. The van der Waals surface area contributed by atoms with Gasteiger partial charge in [0.25, 0.3) is 0 Å². The molecule has 0 heterocycles. The quantitative estimate of drug-likeness (QED) is 0.283. The fourth-order valence-electron chi connectivity index (χ4n) is 2.73. The SMILES string of the molecule is CCCCCCCCC(/C=C/CCCCCCC(=O)O)C(C)=O. The lowest BCUT2D eigenvalue weighted by atomic mass is 9.96. The van der Waals surface area contributed by atoms with Crippen molar-refractivity contribution in [3.8, 4) is 0 Å². The lowest BCUT2D eigenvalue weighted by Gasteiger charge is -2.09. The third-order valence-corrected chi connectivity index (χ3v) is 4.27. The van der Waals surface area contributed by atoms with E-state index in [1.54, 1.807) is 6.92 Å². The van der Waals surface area contributed by atoms with E-state index in [4.69, 9.17) is 5.11 Å². The molecule has 1 N–H and O–H groups in total. The van der Waals surface area contributed by atoms with E-state index in [9.17, 15) is 9.59 Å². The van der Waals surface area contributed by atoms with Crippen LogP contribution in [-0.2, 0) is 9.59 Å². The van der Waals surface area contributed by atoms with Gasteiger partial charge in [-0.2, -0.15) is 0 Å². The van der Waals surface area contributed by atoms with Crippen LogP contribution in [0.1, 0.15) is 97.3 Å². The van der Waals surface area contributed by atoms with E-state index < -0.39 is 5.97 Å². The number of rotatable bonds is 16. The number of Topliss-reactive ketones (excluding diaryl/α,β-unsaturated/α-hetero) is 1. The molecule has 3 nitrogen and oxygen atoms in total. The molecule has 0 aliphatic heterocycles. The van der Waals surface area contributed by atoms with E-state index in [-0.39, 0.29) is 18.1 Å². The van der Waals surface area contributed by atoms with Gasteiger partial charge in [-0.3, -0.25) is 9.59 Å². The molecule has 0 fully saturated rings. The van der Waals surface area contributed by atoms with Crippen LogP contribution in [0.3, 0.4) is 0 Å². The third-order valence-electron chi connectivity index (χ3n) is 4.27. The predicted octanol–water partition coefficient (Wildman–Crippen LogP) is 5.92. The van der Waals surface area contributed by atoms with Gasteiger partial charge in [0.1, 0.15) is 5.78 Å². The largest absolute Gasteiger partial charge is 0.481 e. The van der Waals surface area contributed by atoms with Gasteiger partial charge in [0.05, 0.1) is 0 Å². The van der Waals surface area contributed by atoms with E-state index in [1.165, 1.54) is 32.1 Å². The van der Waals surface area contributed by atoms with E-state index in [0.717, 1.165) is 44.9 Å². The highest BCUT2D eigenvalue weighted by atomic mass is 16.4. The molecule has 134 valence electrons. The minimum Gasteiger partial charge on any atom is -0.481 e. The molecule has 0 bridgehead atoms. The minimum atomic E-state index is -0.705. The molecular formula is C20H36O3. The van der Waals surface area contributed by atoms with Gasteiger partial charge in [-0.25, -0.2) is 0 Å². The summed E-state index contributed by atoms with van der Waals surface area (Å²) in [6.07, 6.45) is 18.0. The molecule has 0 amide bonds. The van der Waals surface area contributed by atoms with Crippen molar-refractivity contribution in [3.63, 3.8) is 0 Å². The van der Waals surface area contributed by atoms with Gasteiger partial charge < -0.3 is 5.11 Å². The van der Waals surface area contributed by atoms with Crippen molar-refractivity contribution < 1.29 is 14.7 Å². The molecular weight excluding hydrogens is 288 g/mol. The van der Waals surface area contributed by atoms with E-state index in [1.807, 2.05) is 0 Å². The molecule has 1 unspecified atom stereocenters. The minimum absolute atomic E-state index is 0.0909. The second-order valence-corrected chi connectivity index (χ2v) is 6.55. The van der Waals surface area contributed by atoms with Crippen molar-refractivity contribution in [1.82, 2.24) is 0 Å². The number of unbranched alkanes of at least 4 members (excludes halogenated alkanes) is 9.